The van der Waals surface area contributed by atoms with Crippen LogP contribution in [-0.2, 0) is 9.53 Å². The number of ether oxygens (including phenoxy) is 3. The molecule has 0 bridgehead atoms. The van der Waals surface area contributed by atoms with Gasteiger partial charge in [-0.3, -0.25) is 4.79 Å². The SMILES string of the molecule is CCCOc1ccc(C(C)NC(=O)C2(CN)CCOCC2)cc1OC. The zero-order valence-corrected chi connectivity index (χ0v) is 15.5. The Hall–Kier alpha value is -1.79. The van der Waals surface area contributed by atoms with Gasteiger partial charge in [-0.2, -0.15) is 0 Å². The summed E-state index contributed by atoms with van der Waals surface area (Å²) >= 11 is 0. The molecule has 1 aromatic carbocycles. The molecule has 0 aromatic heterocycles. The molecule has 1 amide bonds. The molecular weight excluding hydrogens is 320 g/mol. The smallest absolute Gasteiger partial charge is 0.228 e. The minimum Gasteiger partial charge on any atom is -0.493 e. The van der Waals surface area contributed by atoms with Crippen LogP contribution in [0, 0.1) is 5.41 Å². The Morgan fingerprint density at radius 2 is 2.08 bits per heavy atom. The van der Waals surface area contributed by atoms with Crippen LogP contribution in [0.3, 0.4) is 0 Å². The average molecular weight is 350 g/mol. The van der Waals surface area contributed by atoms with Crippen molar-refractivity contribution in [1.29, 1.82) is 0 Å². The van der Waals surface area contributed by atoms with E-state index in [1.165, 1.54) is 0 Å². The number of nitrogens with two attached hydrogens (primary N) is 1. The molecule has 6 nitrogen and oxygen atoms in total. The Morgan fingerprint density at radius 3 is 2.68 bits per heavy atom. The van der Waals surface area contributed by atoms with Crippen molar-refractivity contribution in [1.82, 2.24) is 5.32 Å². The molecule has 140 valence electrons. The van der Waals surface area contributed by atoms with E-state index in [1.54, 1.807) is 7.11 Å². The van der Waals surface area contributed by atoms with E-state index in [9.17, 15) is 4.79 Å². The maximum atomic E-state index is 12.8. The van der Waals surface area contributed by atoms with Gasteiger partial charge in [0.25, 0.3) is 0 Å². The van der Waals surface area contributed by atoms with Gasteiger partial charge in [0.1, 0.15) is 0 Å². The van der Waals surface area contributed by atoms with Gasteiger partial charge in [-0.05, 0) is 43.9 Å². The predicted octanol–water partition coefficient (Wildman–Crippen LogP) is 2.42. The number of rotatable bonds is 8. The normalized spacial score (nSPS) is 17.6. The molecule has 1 aliphatic heterocycles. The number of hydrogen-bond acceptors (Lipinski definition) is 5. The fraction of sp³-hybridized carbons (Fsp3) is 0.632. The standard InChI is InChI=1S/C19H30N2O4/c1-4-9-25-16-6-5-15(12-17(16)23-3)14(2)21-18(22)19(13-20)7-10-24-11-8-19/h5-6,12,14H,4,7-11,13,20H2,1-3H3,(H,21,22). The highest BCUT2D eigenvalue weighted by Gasteiger charge is 2.39. The van der Waals surface area contributed by atoms with Gasteiger partial charge in [-0.1, -0.05) is 13.0 Å². The molecule has 1 heterocycles. The summed E-state index contributed by atoms with van der Waals surface area (Å²) < 4.78 is 16.5. The third-order valence-electron chi connectivity index (χ3n) is 4.82. The van der Waals surface area contributed by atoms with Crippen molar-refractivity contribution in [2.75, 3.05) is 33.5 Å². The highest BCUT2D eigenvalue weighted by molar-refractivity contribution is 5.83. The van der Waals surface area contributed by atoms with E-state index < -0.39 is 5.41 Å². The first-order valence-electron chi connectivity index (χ1n) is 8.96. The molecule has 2 rings (SSSR count). The van der Waals surface area contributed by atoms with Crippen molar-refractivity contribution >= 4 is 5.91 Å². The number of hydrogen-bond donors (Lipinski definition) is 2. The van der Waals surface area contributed by atoms with Crippen LogP contribution in [0.4, 0.5) is 0 Å². The van der Waals surface area contributed by atoms with Gasteiger partial charge in [-0.15, -0.1) is 0 Å². The molecule has 1 fully saturated rings. The Bertz CT molecular complexity index is 571. The number of amides is 1. The maximum absolute atomic E-state index is 12.8. The maximum Gasteiger partial charge on any atom is 0.228 e. The van der Waals surface area contributed by atoms with Crippen LogP contribution >= 0.6 is 0 Å². The largest absolute Gasteiger partial charge is 0.493 e. The first kappa shape index (κ1) is 19.5. The molecule has 0 aliphatic carbocycles. The summed E-state index contributed by atoms with van der Waals surface area (Å²) in [5, 5.41) is 3.10. The first-order valence-corrected chi connectivity index (χ1v) is 8.96. The van der Waals surface area contributed by atoms with Gasteiger partial charge in [0.05, 0.1) is 25.2 Å². The zero-order valence-electron chi connectivity index (χ0n) is 15.5. The predicted molar refractivity (Wildman–Crippen MR) is 96.9 cm³/mol. The van der Waals surface area contributed by atoms with Crippen LogP contribution in [0.15, 0.2) is 18.2 Å². The Kier molecular flexibility index (Phi) is 7.08. The van der Waals surface area contributed by atoms with Gasteiger partial charge < -0.3 is 25.3 Å². The topological polar surface area (TPSA) is 82.8 Å². The van der Waals surface area contributed by atoms with Crippen molar-refractivity contribution < 1.29 is 19.0 Å². The molecule has 1 atom stereocenters. The summed E-state index contributed by atoms with van der Waals surface area (Å²) in [7, 11) is 1.62. The van der Waals surface area contributed by atoms with Crippen LogP contribution in [-0.4, -0.2) is 39.4 Å². The van der Waals surface area contributed by atoms with Crippen molar-refractivity contribution in [2.45, 2.75) is 39.2 Å². The van der Waals surface area contributed by atoms with Crippen LogP contribution in [0.1, 0.15) is 44.7 Å². The zero-order chi connectivity index (χ0) is 18.3. The second kappa shape index (κ2) is 9.06. The van der Waals surface area contributed by atoms with Gasteiger partial charge in [0.2, 0.25) is 5.91 Å². The quantitative estimate of drug-likeness (QED) is 0.752. The van der Waals surface area contributed by atoms with E-state index in [4.69, 9.17) is 19.9 Å². The van der Waals surface area contributed by atoms with Crippen molar-refractivity contribution in [3.05, 3.63) is 23.8 Å². The lowest BCUT2D eigenvalue weighted by atomic mass is 9.79. The monoisotopic (exact) mass is 350 g/mol. The molecule has 0 radical (unpaired) electrons. The van der Waals surface area contributed by atoms with Gasteiger partial charge in [-0.25, -0.2) is 0 Å². The molecule has 1 saturated heterocycles. The third kappa shape index (κ3) is 4.64. The van der Waals surface area contributed by atoms with Crippen molar-refractivity contribution in [2.24, 2.45) is 11.1 Å². The fourth-order valence-corrected chi connectivity index (χ4v) is 3.00. The van der Waals surface area contributed by atoms with Crippen LogP contribution < -0.4 is 20.5 Å². The molecule has 25 heavy (non-hydrogen) atoms. The molecule has 1 aromatic rings. The lowest BCUT2D eigenvalue weighted by Gasteiger charge is -2.35. The summed E-state index contributed by atoms with van der Waals surface area (Å²) in [5.74, 6) is 1.39. The van der Waals surface area contributed by atoms with Crippen LogP contribution in [0.5, 0.6) is 11.5 Å². The molecule has 0 saturated carbocycles. The number of carbonyl (C=O) groups excluding carboxylic acids is 1. The highest BCUT2D eigenvalue weighted by Crippen LogP contribution is 2.33. The van der Waals surface area contributed by atoms with Crippen molar-refractivity contribution in [3.8, 4) is 11.5 Å². The van der Waals surface area contributed by atoms with E-state index >= 15 is 0 Å². The minimum atomic E-state index is -0.527. The Labute approximate surface area is 150 Å². The first-order chi connectivity index (χ1) is 12.1. The number of carbonyl (C=O) groups is 1. The number of nitrogens with one attached hydrogen (secondary N) is 1. The molecular formula is C19H30N2O4. The number of methoxy groups -OCH3 is 1. The molecule has 1 aliphatic rings. The van der Waals surface area contributed by atoms with Gasteiger partial charge >= 0.3 is 0 Å². The molecule has 6 heteroatoms. The van der Waals surface area contributed by atoms with Gasteiger partial charge in [0.15, 0.2) is 11.5 Å². The summed E-state index contributed by atoms with van der Waals surface area (Å²) in [4.78, 5) is 12.8. The second-order valence-corrected chi connectivity index (χ2v) is 6.55. The fourth-order valence-electron chi connectivity index (χ4n) is 3.00. The van der Waals surface area contributed by atoms with E-state index in [0.29, 0.717) is 45.0 Å². The Morgan fingerprint density at radius 1 is 1.36 bits per heavy atom. The summed E-state index contributed by atoms with van der Waals surface area (Å²) in [6.45, 7) is 6.16. The minimum absolute atomic E-state index is 0.00363. The molecule has 0 spiro atoms. The number of benzene rings is 1. The molecule has 3 N–H and O–H groups in total. The summed E-state index contributed by atoms with van der Waals surface area (Å²) in [6.07, 6.45) is 2.26. The van der Waals surface area contributed by atoms with E-state index in [-0.39, 0.29) is 11.9 Å². The molecule has 1 unspecified atom stereocenters. The van der Waals surface area contributed by atoms with Crippen LogP contribution in [0.2, 0.25) is 0 Å². The van der Waals surface area contributed by atoms with Crippen LogP contribution in [0.25, 0.3) is 0 Å². The average Bonchev–Trinajstić information content (AvgIpc) is 2.66. The summed E-state index contributed by atoms with van der Waals surface area (Å²) in [6, 6.07) is 5.61. The lowest BCUT2D eigenvalue weighted by molar-refractivity contribution is -0.136. The lowest BCUT2D eigenvalue weighted by Crippen LogP contribution is -2.49. The third-order valence-corrected chi connectivity index (χ3v) is 4.82. The van der Waals surface area contributed by atoms with E-state index in [2.05, 4.69) is 12.2 Å². The van der Waals surface area contributed by atoms with E-state index in [0.717, 1.165) is 17.7 Å². The van der Waals surface area contributed by atoms with Crippen molar-refractivity contribution in [3.63, 3.8) is 0 Å². The summed E-state index contributed by atoms with van der Waals surface area (Å²) in [5.41, 5.74) is 6.35. The Balaban J connectivity index is 2.09. The highest BCUT2D eigenvalue weighted by atomic mass is 16.5. The van der Waals surface area contributed by atoms with Gasteiger partial charge in [0, 0.05) is 19.8 Å². The van der Waals surface area contributed by atoms with E-state index in [1.807, 2.05) is 25.1 Å². The second-order valence-electron chi connectivity index (χ2n) is 6.55.